The third-order valence-electron chi connectivity index (χ3n) is 2.92. The molecule has 0 aliphatic carbocycles. The zero-order valence-corrected chi connectivity index (χ0v) is 10.5. The molecular weight excluding hydrogens is 289 g/mol. The summed E-state index contributed by atoms with van der Waals surface area (Å²) in [6, 6.07) is 5.17. The molecule has 0 aliphatic heterocycles. The average Bonchev–Trinajstić information content (AvgIpc) is 2.77. The van der Waals surface area contributed by atoms with Gasteiger partial charge in [0.05, 0.1) is 27.4 Å². The van der Waals surface area contributed by atoms with Crippen LogP contribution in [0.3, 0.4) is 0 Å². The zero-order chi connectivity index (χ0) is 14.5. The van der Waals surface area contributed by atoms with Crippen molar-refractivity contribution in [2.45, 2.75) is 6.18 Å². The SMILES string of the molecule is N#Cc1cnc(O)c2c1sc1cc(C(F)(F)F)ccc12. The number of halogens is 3. The van der Waals surface area contributed by atoms with Crippen molar-refractivity contribution < 1.29 is 18.3 Å². The summed E-state index contributed by atoms with van der Waals surface area (Å²) in [7, 11) is 0. The van der Waals surface area contributed by atoms with E-state index in [4.69, 9.17) is 5.26 Å². The number of hydrogen-bond acceptors (Lipinski definition) is 4. The molecule has 0 saturated heterocycles. The summed E-state index contributed by atoms with van der Waals surface area (Å²) in [5.74, 6) is -0.287. The number of fused-ring (bicyclic) bond motifs is 3. The Morgan fingerprint density at radius 3 is 2.70 bits per heavy atom. The number of thiophene rings is 1. The highest BCUT2D eigenvalue weighted by atomic mass is 32.1. The summed E-state index contributed by atoms with van der Waals surface area (Å²) >= 11 is 1.03. The van der Waals surface area contributed by atoms with E-state index in [9.17, 15) is 18.3 Å². The number of aromatic hydroxyl groups is 1. The highest BCUT2D eigenvalue weighted by Gasteiger charge is 2.31. The van der Waals surface area contributed by atoms with Crippen LogP contribution in [0.1, 0.15) is 11.1 Å². The molecule has 1 N–H and O–H groups in total. The molecule has 3 nitrogen and oxygen atoms in total. The molecule has 3 rings (SSSR count). The van der Waals surface area contributed by atoms with Crippen molar-refractivity contribution in [3.8, 4) is 11.9 Å². The van der Waals surface area contributed by atoms with E-state index in [0.29, 0.717) is 20.2 Å². The van der Waals surface area contributed by atoms with Gasteiger partial charge >= 0.3 is 6.18 Å². The minimum absolute atomic E-state index is 0.229. The molecule has 1 aromatic carbocycles. The molecule has 0 atom stereocenters. The third kappa shape index (κ3) is 1.77. The van der Waals surface area contributed by atoms with E-state index in [0.717, 1.165) is 23.5 Å². The molecule has 3 aromatic rings. The predicted octanol–water partition coefficient (Wildman–Crippen LogP) is 4.05. The normalized spacial score (nSPS) is 11.9. The summed E-state index contributed by atoms with van der Waals surface area (Å²) in [6.45, 7) is 0. The molecule has 0 amide bonds. The number of rotatable bonds is 0. The smallest absolute Gasteiger partial charge is 0.416 e. The Kier molecular flexibility index (Phi) is 2.59. The maximum absolute atomic E-state index is 12.7. The van der Waals surface area contributed by atoms with Crippen LogP contribution in [-0.2, 0) is 6.18 Å². The molecule has 100 valence electrons. The highest BCUT2D eigenvalue weighted by molar-refractivity contribution is 7.26. The highest BCUT2D eigenvalue weighted by Crippen LogP contribution is 2.41. The second-order valence-electron chi connectivity index (χ2n) is 4.12. The van der Waals surface area contributed by atoms with E-state index < -0.39 is 11.7 Å². The Bertz CT molecular complexity index is 877. The molecule has 2 aromatic heterocycles. The van der Waals surface area contributed by atoms with Crippen molar-refractivity contribution in [3.63, 3.8) is 0 Å². The molecule has 7 heteroatoms. The molecule has 0 aliphatic rings. The Morgan fingerprint density at radius 2 is 2.05 bits per heavy atom. The number of nitriles is 1. The Balaban J connectivity index is 2.43. The van der Waals surface area contributed by atoms with E-state index in [2.05, 4.69) is 4.98 Å². The standard InChI is InChI=1S/C13H5F3N2OS/c14-13(15,16)7-1-2-8-9(3-7)20-11-6(4-17)5-18-12(19)10(8)11/h1-3,5H,(H,18,19). The van der Waals surface area contributed by atoms with Gasteiger partial charge in [-0.05, 0) is 12.1 Å². The van der Waals surface area contributed by atoms with Gasteiger partial charge in [-0.25, -0.2) is 4.98 Å². The van der Waals surface area contributed by atoms with Gasteiger partial charge < -0.3 is 5.11 Å². The lowest BCUT2D eigenvalue weighted by Crippen LogP contribution is -2.03. The lowest BCUT2D eigenvalue weighted by Gasteiger charge is -2.05. The van der Waals surface area contributed by atoms with Crippen molar-refractivity contribution >= 4 is 31.5 Å². The number of hydrogen-bond donors (Lipinski definition) is 1. The molecule has 0 fully saturated rings. The van der Waals surface area contributed by atoms with Crippen molar-refractivity contribution in [2.24, 2.45) is 0 Å². The monoisotopic (exact) mass is 294 g/mol. The number of alkyl halides is 3. The number of benzene rings is 1. The van der Waals surface area contributed by atoms with E-state index in [1.165, 1.54) is 12.3 Å². The zero-order valence-electron chi connectivity index (χ0n) is 9.69. The first-order valence-corrected chi connectivity index (χ1v) is 6.25. The molecule has 0 bridgehead atoms. The fourth-order valence-electron chi connectivity index (χ4n) is 2.01. The minimum atomic E-state index is -4.43. The summed E-state index contributed by atoms with van der Waals surface area (Å²) in [4.78, 5) is 3.69. The maximum Gasteiger partial charge on any atom is 0.416 e. The van der Waals surface area contributed by atoms with Crippen LogP contribution in [0.2, 0.25) is 0 Å². The fourth-order valence-corrected chi connectivity index (χ4v) is 3.21. The third-order valence-corrected chi connectivity index (χ3v) is 4.11. The van der Waals surface area contributed by atoms with Gasteiger partial charge in [-0.2, -0.15) is 18.4 Å². The van der Waals surface area contributed by atoms with Crippen molar-refractivity contribution in [3.05, 3.63) is 35.5 Å². The summed E-state index contributed by atoms with van der Waals surface area (Å²) < 4.78 is 38.9. The van der Waals surface area contributed by atoms with Crippen LogP contribution >= 0.6 is 11.3 Å². The van der Waals surface area contributed by atoms with Crippen molar-refractivity contribution in [2.75, 3.05) is 0 Å². The van der Waals surface area contributed by atoms with Gasteiger partial charge in [0.1, 0.15) is 6.07 Å². The number of nitrogens with zero attached hydrogens (tertiary/aromatic N) is 2. The quantitative estimate of drug-likeness (QED) is 0.680. The lowest BCUT2D eigenvalue weighted by molar-refractivity contribution is -0.137. The maximum atomic E-state index is 12.7. The molecule has 0 unspecified atom stereocenters. The van der Waals surface area contributed by atoms with E-state index in [-0.39, 0.29) is 11.4 Å². The van der Waals surface area contributed by atoms with Gasteiger partial charge in [0, 0.05) is 10.1 Å². The second kappa shape index (κ2) is 4.08. The minimum Gasteiger partial charge on any atom is -0.493 e. The van der Waals surface area contributed by atoms with Gasteiger partial charge in [-0.3, -0.25) is 0 Å². The van der Waals surface area contributed by atoms with Crippen molar-refractivity contribution in [1.82, 2.24) is 4.98 Å². The predicted molar refractivity (Wildman–Crippen MR) is 68.5 cm³/mol. The van der Waals surface area contributed by atoms with Crippen LogP contribution in [0.4, 0.5) is 13.2 Å². The van der Waals surface area contributed by atoms with Gasteiger partial charge in [0.25, 0.3) is 0 Å². The van der Waals surface area contributed by atoms with E-state index in [1.807, 2.05) is 6.07 Å². The first-order valence-electron chi connectivity index (χ1n) is 5.43. The topological polar surface area (TPSA) is 56.9 Å². The molecule has 20 heavy (non-hydrogen) atoms. The summed E-state index contributed by atoms with van der Waals surface area (Å²) in [5.41, 5.74) is -0.532. The summed E-state index contributed by atoms with van der Waals surface area (Å²) in [5, 5.41) is 19.5. The van der Waals surface area contributed by atoms with Crippen LogP contribution in [0.25, 0.3) is 20.2 Å². The van der Waals surface area contributed by atoms with Crippen LogP contribution in [0.5, 0.6) is 5.88 Å². The fraction of sp³-hybridized carbons (Fsp3) is 0.0769. The van der Waals surface area contributed by atoms with Gasteiger partial charge in [0.2, 0.25) is 5.88 Å². The molecular formula is C13H5F3N2OS. The van der Waals surface area contributed by atoms with Crippen LogP contribution < -0.4 is 0 Å². The van der Waals surface area contributed by atoms with Gasteiger partial charge in [0.15, 0.2) is 0 Å². The Hall–Kier alpha value is -2.33. The first-order chi connectivity index (χ1) is 9.41. The molecule has 0 spiro atoms. The largest absolute Gasteiger partial charge is 0.493 e. The van der Waals surface area contributed by atoms with E-state index >= 15 is 0 Å². The second-order valence-corrected chi connectivity index (χ2v) is 5.17. The Morgan fingerprint density at radius 1 is 1.30 bits per heavy atom. The number of pyridine rings is 1. The van der Waals surface area contributed by atoms with Crippen LogP contribution in [0, 0.1) is 11.3 Å². The van der Waals surface area contributed by atoms with Crippen LogP contribution in [-0.4, -0.2) is 10.1 Å². The average molecular weight is 294 g/mol. The van der Waals surface area contributed by atoms with Gasteiger partial charge in [-0.1, -0.05) is 6.07 Å². The molecule has 0 saturated carbocycles. The van der Waals surface area contributed by atoms with Crippen LogP contribution in [0.15, 0.2) is 24.4 Å². The molecule has 0 radical (unpaired) electrons. The molecule has 2 heterocycles. The summed E-state index contributed by atoms with van der Waals surface area (Å²) in [6.07, 6.45) is -3.22. The Labute approximate surface area is 114 Å². The van der Waals surface area contributed by atoms with Gasteiger partial charge in [-0.15, -0.1) is 11.3 Å². The lowest BCUT2D eigenvalue weighted by atomic mass is 10.1. The van der Waals surface area contributed by atoms with Crippen molar-refractivity contribution in [1.29, 1.82) is 5.26 Å². The van der Waals surface area contributed by atoms with E-state index in [1.54, 1.807) is 0 Å². The number of aromatic nitrogens is 1. The first kappa shape index (κ1) is 12.7.